The maximum atomic E-state index is 13.1. The third kappa shape index (κ3) is 3.75. The van der Waals surface area contributed by atoms with E-state index in [1.807, 2.05) is 0 Å². The standard InChI is InChI=1S/C19H20F3N3O4/c20-19(21,22)29-13-3-4-14-12(10-13)2-1-9-25(14)15(26)11-5-7-18(8-6-11)16(27)23-17(28)24-18/h3-4,10-11H,1-2,5-9H2,(H2,23,24,27,28). The lowest BCUT2D eigenvalue weighted by Crippen LogP contribution is -2.51. The molecule has 0 radical (unpaired) electrons. The Morgan fingerprint density at radius 2 is 1.93 bits per heavy atom. The molecule has 10 heteroatoms. The molecule has 0 unspecified atom stereocenters. The van der Waals surface area contributed by atoms with Gasteiger partial charge in [-0.25, -0.2) is 4.79 Å². The summed E-state index contributed by atoms with van der Waals surface area (Å²) >= 11 is 0. The molecule has 1 aromatic rings. The number of urea groups is 1. The van der Waals surface area contributed by atoms with Crippen LogP contribution < -0.4 is 20.3 Å². The van der Waals surface area contributed by atoms with Crippen molar-refractivity contribution < 1.29 is 32.3 Å². The number of anilines is 1. The molecule has 156 valence electrons. The van der Waals surface area contributed by atoms with Crippen molar-refractivity contribution in [3.8, 4) is 5.75 Å². The lowest BCUT2D eigenvalue weighted by Gasteiger charge is -2.37. The van der Waals surface area contributed by atoms with E-state index in [9.17, 15) is 27.6 Å². The topological polar surface area (TPSA) is 87.7 Å². The molecule has 3 aliphatic rings. The molecule has 1 aliphatic carbocycles. The Morgan fingerprint density at radius 1 is 1.21 bits per heavy atom. The average Bonchev–Trinajstić information content (AvgIpc) is 2.92. The second kappa shape index (κ2) is 6.93. The van der Waals surface area contributed by atoms with Gasteiger partial charge in [0.1, 0.15) is 11.3 Å². The first-order valence-electron chi connectivity index (χ1n) is 9.50. The number of amides is 4. The minimum Gasteiger partial charge on any atom is -0.406 e. The Morgan fingerprint density at radius 3 is 2.55 bits per heavy atom. The van der Waals surface area contributed by atoms with Crippen LogP contribution in [0.15, 0.2) is 18.2 Å². The van der Waals surface area contributed by atoms with Crippen LogP contribution in [0.4, 0.5) is 23.7 Å². The van der Waals surface area contributed by atoms with Gasteiger partial charge in [0.2, 0.25) is 5.91 Å². The predicted molar refractivity (Wildman–Crippen MR) is 95.2 cm³/mol. The van der Waals surface area contributed by atoms with Gasteiger partial charge in [-0.05, 0) is 62.3 Å². The van der Waals surface area contributed by atoms with Gasteiger partial charge in [0.15, 0.2) is 0 Å². The van der Waals surface area contributed by atoms with Crippen molar-refractivity contribution in [1.29, 1.82) is 0 Å². The quantitative estimate of drug-likeness (QED) is 0.733. The largest absolute Gasteiger partial charge is 0.573 e. The second-order valence-corrected chi connectivity index (χ2v) is 7.70. The van der Waals surface area contributed by atoms with Crippen LogP contribution in [0.2, 0.25) is 0 Å². The molecule has 0 atom stereocenters. The summed E-state index contributed by atoms with van der Waals surface area (Å²) in [7, 11) is 0. The zero-order chi connectivity index (χ0) is 20.8. The molecule has 1 saturated heterocycles. The zero-order valence-electron chi connectivity index (χ0n) is 15.5. The van der Waals surface area contributed by atoms with E-state index in [0.29, 0.717) is 56.3 Å². The van der Waals surface area contributed by atoms with E-state index in [2.05, 4.69) is 15.4 Å². The normalized spacial score (nSPS) is 26.7. The number of nitrogens with zero attached hydrogens (tertiary/aromatic N) is 1. The summed E-state index contributed by atoms with van der Waals surface area (Å²) in [5.41, 5.74) is 0.307. The van der Waals surface area contributed by atoms with Crippen molar-refractivity contribution in [1.82, 2.24) is 10.6 Å². The van der Waals surface area contributed by atoms with Gasteiger partial charge < -0.3 is 15.0 Å². The van der Waals surface area contributed by atoms with E-state index in [-0.39, 0.29) is 23.5 Å². The average molecular weight is 411 g/mol. The number of aryl methyl sites for hydroxylation is 1. The highest BCUT2D eigenvalue weighted by molar-refractivity contribution is 6.07. The monoisotopic (exact) mass is 411 g/mol. The molecule has 0 aromatic heterocycles. The van der Waals surface area contributed by atoms with E-state index < -0.39 is 17.9 Å². The number of benzene rings is 1. The predicted octanol–water partition coefficient (Wildman–Crippen LogP) is 2.63. The molecule has 29 heavy (non-hydrogen) atoms. The van der Waals surface area contributed by atoms with Crippen molar-refractivity contribution >= 4 is 23.5 Å². The number of hydrogen-bond acceptors (Lipinski definition) is 4. The molecule has 2 heterocycles. The first-order valence-corrected chi connectivity index (χ1v) is 9.50. The Balaban J connectivity index is 1.47. The van der Waals surface area contributed by atoms with E-state index in [1.54, 1.807) is 4.90 Å². The number of rotatable bonds is 2. The molecule has 7 nitrogen and oxygen atoms in total. The van der Waals surface area contributed by atoms with E-state index in [0.717, 1.165) is 0 Å². The summed E-state index contributed by atoms with van der Waals surface area (Å²) < 4.78 is 41.3. The maximum Gasteiger partial charge on any atom is 0.573 e. The summed E-state index contributed by atoms with van der Waals surface area (Å²) in [6.45, 7) is 0.490. The molecule has 2 aliphatic heterocycles. The van der Waals surface area contributed by atoms with Gasteiger partial charge in [-0.2, -0.15) is 0 Å². The fourth-order valence-corrected chi connectivity index (χ4v) is 4.46. The van der Waals surface area contributed by atoms with Crippen LogP contribution in [-0.2, 0) is 16.0 Å². The van der Waals surface area contributed by atoms with Gasteiger partial charge in [0.25, 0.3) is 5.91 Å². The molecule has 2 N–H and O–H groups in total. The fraction of sp³-hybridized carbons (Fsp3) is 0.526. The second-order valence-electron chi connectivity index (χ2n) is 7.70. The summed E-state index contributed by atoms with van der Waals surface area (Å²) in [5, 5.41) is 4.91. The number of halogens is 3. The van der Waals surface area contributed by atoms with Crippen LogP contribution in [0.3, 0.4) is 0 Å². The van der Waals surface area contributed by atoms with Gasteiger partial charge in [-0.1, -0.05) is 0 Å². The first-order chi connectivity index (χ1) is 13.7. The number of imide groups is 1. The lowest BCUT2D eigenvalue weighted by molar-refractivity contribution is -0.274. The Bertz CT molecular complexity index is 863. The smallest absolute Gasteiger partial charge is 0.406 e. The molecule has 1 spiro atoms. The first kappa shape index (κ1) is 19.5. The summed E-state index contributed by atoms with van der Waals surface area (Å²) in [6.07, 6.45) is -1.91. The van der Waals surface area contributed by atoms with Gasteiger partial charge in [0.05, 0.1) is 0 Å². The van der Waals surface area contributed by atoms with Gasteiger partial charge in [0, 0.05) is 18.2 Å². The number of carbonyl (C=O) groups excluding carboxylic acids is 3. The van der Waals surface area contributed by atoms with Crippen molar-refractivity contribution in [2.75, 3.05) is 11.4 Å². The van der Waals surface area contributed by atoms with Gasteiger partial charge in [-0.15, -0.1) is 13.2 Å². The number of nitrogens with one attached hydrogen (secondary N) is 2. The number of hydrogen-bond donors (Lipinski definition) is 2. The lowest BCUT2D eigenvalue weighted by atomic mass is 9.76. The Labute approximate surface area is 164 Å². The van der Waals surface area contributed by atoms with Gasteiger partial charge in [-0.3, -0.25) is 14.9 Å². The third-order valence-corrected chi connectivity index (χ3v) is 5.87. The summed E-state index contributed by atoms with van der Waals surface area (Å²) in [4.78, 5) is 38.2. The summed E-state index contributed by atoms with van der Waals surface area (Å²) in [6, 6.07) is 3.52. The van der Waals surface area contributed by atoms with E-state index in [1.165, 1.54) is 18.2 Å². The highest BCUT2D eigenvalue weighted by Gasteiger charge is 2.49. The highest BCUT2D eigenvalue weighted by Crippen LogP contribution is 2.38. The molecular weight excluding hydrogens is 391 g/mol. The maximum absolute atomic E-state index is 13.1. The SMILES string of the molecule is O=C1NC(=O)C2(CCC(C(=O)N3CCCc4cc(OC(F)(F)F)ccc43)CC2)N1. The minimum atomic E-state index is -4.77. The third-order valence-electron chi connectivity index (χ3n) is 5.87. The summed E-state index contributed by atoms with van der Waals surface area (Å²) in [5.74, 6) is -1.06. The number of alkyl halides is 3. The van der Waals surface area contributed by atoms with Crippen molar-refractivity contribution in [3.05, 3.63) is 23.8 Å². The minimum absolute atomic E-state index is 0.102. The molecule has 4 rings (SSSR count). The molecule has 1 aromatic carbocycles. The van der Waals surface area contributed by atoms with Crippen molar-refractivity contribution in [3.63, 3.8) is 0 Å². The van der Waals surface area contributed by atoms with E-state index >= 15 is 0 Å². The number of fused-ring (bicyclic) bond motifs is 1. The zero-order valence-corrected chi connectivity index (χ0v) is 15.5. The van der Waals surface area contributed by atoms with Crippen molar-refractivity contribution in [2.45, 2.75) is 50.4 Å². The number of ether oxygens (including phenoxy) is 1. The van der Waals surface area contributed by atoms with Crippen LogP contribution >= 0.6 is 0 Å². The van der Waals surface area contributed by atoms with Crippen LogP contribution in [0.5, 0.6) is 5.75 Å². The Kier molecular flexibility index (Phi) is 4.66. The molecule has 4 amide bonds. The van der Waals surface area contributed by atoms with Crippen LogP contribution in [0, 0.1) is 5.92 Å². The van der Waals surface area contributed by atoms with Crippen LogP contribution in [0.25, 0.3) is 0 Å². The van der Waals surface area contributed by atoms with Gasteiger partial charge >= 0.3 is 12.4 Å². The van der Waals surface area contributed by atoms with Crippen LogP contribution in [0.1, 0.15) is 37.7 Å². The van der Waals surface area contributed by atoms with E-state index in [4.69, 9.17) is 0 Å². The number of carbonyl (C=O) groups is 3. The molecule has 1 saturated carbocycles. The fourth-order valence-electron chi connectivity index (χ4n) is 4.46. The highest BCUT2D eigenvalue weighted by atomic mass is 19.4. The molecular formula is C19H20F3N3O4. The Hall–Kier alpha value is -2.78. The van der Waals surface area contributed by atoms with Crippen LogP contribution in [-0.4, -0.2) is 36.3 Å². The molecule has 0 bridgehead atoms. The van der Waals surface area contributed by atoms with Crippen molar-refractivity contribution in [2.24, 2.45) is 5.92 Å². The molecule has 2 fully saturated rings.